The normalized spacial score (nSPS) is 18.8. The summed E-state index contributed by atoms with van der Waals surface area (Å²) in [5, 5.41) is 7.27. The van der Waals surface area contributed by atoms with Gasteiger partial charge in [0.05, 0.1) is 6.10 Å². The van der Waals surface area contributed by atoms with Gasteiger partial charge >= 0.3 is 0 Å². The van der Waals surface area contributed by atoms with Gasteiger partial charge in [-0.15, -0.1) is 0 Å². The van der Waals surface area contributed by atoms with Gasteiger partial charge in [0.15, 0.2) is 5.82 Å². The van der Waals surface area contributed by atoms with E-state index < -0.39 is 5.54 Å². The minimum atomic E-state index is -0.649. The summed E-state index contributed by atoms with van der Waals surface area (Å²) >= 11 is 0. The molecule has 1 aromatic carbocycles. The standard InChI is InChI=1S/C22H29N3O3/c1-13(2)27-19-11-17(9-10-18(19)16-7-8-16)20(26)24-22(4,12-15-5-6-15)21-23-14(3)28-25-21/h9-11,13,15-16H,5-8,12H2,1-4H3,(H,24,26)/t22-/m0/s1. The molecule has 0 aliphatic heterocycles. The molecule has 0 unspecified atom stereocenters. The van der Waals surface area contributed by atoms with Crippen molar-refractivity contribution in [2.45, 2.75) is 77.4 Å². The van der Waals surface area contributed by atoms with Gasteiger partial charge in [-0.05, 0) is 69.6 Å². The van der Waals surface area contributed by atoms with E-state index in [1.165, 1.54) is 31.2 Å². The maximum Gasteiger partial charge on any atom is 0.252 e. The summed E-state index contributed by atoms with van der Waals surface area (Å²) in [4.78, 5) is 17.5. The first-order chi connectivity index (χ1) is 13.3. The van der Waals surface area contributed by atoms with E-state index in [0.717, 1.165) is 12.2 Å². The first kappa shape index (κ1) is 19.0. The van der Waals surface area contributed by atoms with Crippen molar-refractivity contribution in [2.75, 3.05) is 0 Å². The van der Waals surface area contributed by atoms with Crippen LogP contribution in [0.1, 0.15) is 86.4 Å². The molecule has 1 aromatic heterocycles. The molecule has 2 aliphatic rings. The van der Waals surface area contributed by atoms with Crippen molar-refractivity contribution in [1.82, 2.24) is 15.5 Å². The van der Waals surface area contributed by atoms with Crippen molar-refractivity contribution in [3.63, 3.8) is 0 Å². The highest BCUT2D eigenvalue weighted by Gasteiger charge is 2.39. The van der Waals surface area contributed by atoms with Crippen LogP contribution in [-0.2, 0) is 5.54 Å². The van der Waals surface area contributed by atoms with Crippen molar-refractivity contribution >= 4 is 5.91 Å². The fraction of sp³-hybridized carbons (Fsp3) is 0.591. The number of carbonyl (C=O) groups is 1. The van der Waals surface area contributed by atoms with Crippen LogP contribution in [0.2, 0.25) is 0 Å². The van der Waals surface area contributed by atoms with Gasteiger partial charge in [0, 0.05) is 12.5 Å². The van der Waals surface area contributed by atoms with E-state index in [2.05, 4.69) is 15.5 Å². The first-order valence-corrected chi connectivity index (χ1v) is 10.3. The van der Waals surface area contributed by atoms with Crippen molar-refractivity contribution in [3.05, 3.63) is 41.0 Å². The number of hydrogen-bond acceptors (Lipinski definition) is 5. The molecule has 2 aliphatic carbocycles. The molecule has 1 heterocycles. The molecule has 0 saturated heterocycles. The van der Waals surface area contributed by atoms with Crippen LogP contribution in [0.3, 0.4) is 0 Å². The number of hydrogen-bond donors (Lipinski definition) is 1. The lowest BCUT2D eigenvalue weighted by molar-refractivity contribution is 0.0889. The Labute approximate surface area is 166 Å². The number of amides is 1. The van der Waals surface area contributed by atoms with Crippen molar-refractivity contribution in [1.29, 1.82) is 0 Å². The maximum atomic E-state index is 13.1. The zero-order valence-electron chi connectivity index (χ0n) is 17.1. The lowest BCUT2D eigenvalue weighted by Gasteiger charge is -2.28. The third-order valence-electron chi connectivity index (χ3n) is 5.46. The van der Waals surface area contributed by atoms with E-state index in [1.807, 2.05) is 39.0 Å². The zero-order valence-corrected chi connectivity index (χ0v) is 17.1. The highest BCUT2D eigenvalue weighted by Crippen LogP contribution is 2.45. The van der Waals surface area contributed by atoms with Crippen molar-refractivity contribution in [3.8, 4) is 5.75 Å². The van der Waals surface area contributed by atoms with Gasteiger partial charge < -0.3 is 14.6 Å². The predicted octanol–water partition coefficient (Wildman–Crippen LogP) is 4.49. The number of aryl methyl sites for hydroxylation is 1. The van der Waals surface area contributed by atoms with Crippen LogP contribution in [0.25, 0.3) is 0 Å². The van der Waals surface area contributed by atoms with Gasteiger partial charge in [-0.1, -0.05) is 24.1 Å². The smallest absolute Gasteiger partial charge is 0.252 e. The topological polar surface area (TPSA) is 77.2 Å². The molecule has 1 atom stereocenters. The second kappa shape index (κ2) is 7.22. The summed E-state index contributed by atoms with van der Waals surface area (Å²) in [6.45, 7) is 7.77. The molecule has 150 valence electrons. The molecule has 1 amide bonds. The Morgan fingerprint density at radius 3 is 2.64 bits per heavy atom. The highest BCUT2D eigenvalue weighted by atomic mass is 16.5. The molecule has 6 nitrogen and oxygen atoms in total. The molecule has 2 aromatic rings. The Bertz CT molecular complexity index is 868. The molecule has 0 spiro atoms. The van der Waals surface area contributed by atoms with Gasteiger partial charge in [-0.25, -0.2) is 0 Å². The summed E-state index contributed by atoms with van der Waals surface area (Å²) in [7, 11) is 0. The largest absolute Gasteiger partial charge is 0.491 e. The van der Waals surface area contributed by atoms with Crippen LogP contribution in [0, 0.1) is 12.8 Å². The van der Waals surface area contributed by atoms with Crippen LogP contribution in [-0.4, -0.2) is 22.2 Å². The van der Waals surface area contributed by atoms with Gasteiger partial charge in [0.1, 0.15) is 11.3 Å². The lowest BCUT2D eigenvalue weighted by Crippen LogP contribution is -2.44. The summed E-state index contributed by atoms with van der Waals surface area (Å²) in [6.07, 6.45) is 5.63. The van der Waals surface area contributed by atoms with E-state index in [0.29, 0.717) is 29.1 Å². The van der Waals surface area contributed by atoms with E-state index in [4.69, 9.17) is 9.26 Å². The second-order valence-corrected chi connectivity index (χ2v) is 8.76. The SMILES string of the molecule is Cc1nc([C@](C)(CC2CC2)NC(=O)c2ccc(C3CC3)c(OC(C)C)c2)no1. The third-order valence-corrected chi connectivity index (χ3v) is 5.46. The Hall–Kier alpha value is -2.37. The zero-order chi connectivity index (χ0) is 19.9. The molecule has 0 bridgehead atoms. The number of nitrogens with one attached hydrogen (secondary N) is 1. The van der Waals surface area contributed by atoms with E-state index in [9.17, 15) is 4.79 Å². The number of nitrogens with zero attached hydrogens (tertiary/aromatic N) is 2. The number of benzene rings is 1. The molecular formula is C22H29N3O3. The number of carbonyl (C=O) groups excluding carboxylic acids is 1. The Kier molecular flexibility index (Phi) is 4.89. The summed E-state index contributed by atoms with van der Waals surface area (Å²) in [5.74, 6) is 2.90. The van der Waals surface area contributed by atoms with Crippen LogP contribution in [0.4, 0.5) is 0 Å². The van der Waals surface area contributed by atoms with Crippen LogP contribution in [0.5, 0.6) is 5.75 Å². The highest BCUT2D eigenvalue weighted by molar-refractivity contribution is 5.95. The first-order valence-electron chi connectivity index (χ1n) is 10.3. The molecule has 2 fully saturated rings. The molecule has 6 heteroatoms. The number of ether oxygens (including phenoxy) is 1. The predicted molar refractivity (Wildman–Crippen MR) is 105 cm³/mol. The quantitative estimate of drug-likeness (QED) is 0.727. The molecule has 0 radical (unpaired) electrons. The van der Waals surface area contributed by atoms with Crippen LogP contribution in [0.15, 0.2) is 22.7 Å². The fourth-order valence-corrected chi connectivity index (χ4v) is 3.71. The fourth-order valence-electron chi connectivity index (χ4n) is 3.71. The number of rotatable bonds is 8. The molecule has 2 saturated carbocycles. The second-order valence-electron chi connectivity index (χ2n) is 8.76. The van der Waals surface area contributed by atoms with Crippen molar-refractivity contribution in [2.24, 2.45) is 5.92 Å². The summed E-state index contributed by atoms with van der Waals surface area (Å²) in [5.41, 5.74) is 1.16. The van der Waals surface area contributed by atoms with Gasteiger partial charge in [0.2, 0.25) is 5.89 Å². The van der Waals surface area contributed by atoms with Crippen LogP contribution >= 0.6 is 0 Å². The number of aromatic nitrogens is 2. The average Bonchev–Trinajstić information content (AvgIpc) is 3.55. The summed E-state index contributed by atoms with van der Waals surface area (Å²) < 4.78 is 11.2. The Balaban J connectivity index is 1.58. The molecule has 4 rings (SSSR count). The molecular weight excluding hydrogens is 354 g/mol. The molecule has 1 N–H and O–H groups in total. The lowest BCUT2D eigenvalue weighted by atomic mass is 9.93. The van der Waals surface area contributed by atoms with Gasteiger partial charge in [-0.3, -0.25) is 4.79 Å². The average molecular weight is 383 g/mol. The summed E-state index contributed by atoms with van der Waals surface area (Å²) in [6, 6.07) is 5.82. The maximum absolute atomic E-state index is 13.1. The monoisotopic (exact) mass is 383 g/mol. The van der Waals surface area contributed by atoms with Crippen molar-refractivity contribution < 1.29 is 14.1 Å². The van der Waals surface area contributed by atoms with Crippen LogP contribution < -0.4 is 10.1 Å². The van der Waals surface area contributed by atoms with Gasteiger partial charge in [0.25, 0.3) is 5.91 Å². The Morgan fingerprint density at radius 1 is 1.32 bits per heavy atom. The van der Waals surface area contributed by atoms with E-state index in [-0.39, 0.29) is 12.0 Å². The minimum absolute atomic E-state index is 0.0678. The van der Waals surface area contributed by atoms with E-state index >= 15 is 0 Å². The minimum Gasteiger partial charge on any atom is -0.491 e. The van der Waals surface area contributed by atoms with Gasteiger partial charge in [-0.2, -0.15) is 4.98 Å². The third kappa shape index (κ3) is 4.21. The Morgan fingerprint density at radius 2 is 2.07 bits per heavy atom. The molecule has 28 heavy (non-hydrogen) atoms. The van der Waals surface area contributed by atoms with E-state index in [1.54, 1.807) is 6.92 Å².